The number of hydrogen-bond acceptors (Lipinski definition) is 4. The predicted molar refractivity (Wildman–Crippen MR) is 82.2 cm³/mol. The van der Waals surface area contributed by atoms with Crippen molar-refractivity contribution in [3.8, 4) is 5.75 Å². The van der Waals surface area contributed by atoms with Gasteiger partial charge in [0, 0.05) is 25.2 Å². The number of nitrogens with zero attached hydrogens (tertiary/aromatic N) is 1. The first-order valence-electron chi connectivity index (χ1n) is 7.72. The molecule has 0 radical (unpaired) electrons. The average molecular weight is 293 g/mol. The van der Waals surface area contributed by atoms with Gasteiger partial charge in [0.1, 0.15) is 11.6 Å². The lowest BCUT2D eigenvalue weighted by atomic mass is 9.83. The molecule has 2 saturated heterocycles. The van der Waals surface area contributed by atoms with Gasteiger partial charge in [-0.2, -0.15) is 0 Å². The van der Waals surface area contributed by atoms with E-state index in [-0.39, 0.29) is 11.4 Å². The number of anilines is 1. The third kappa shape index (κ3) is 2.85. The second kappa shape index (κ2) is 5.81. The highest BCUT2D eigenvalue weighted by Gasteiger charge is 2.41. The van der Waals surface area contributed by atoms with Crippen LogP contribution in [0.25, 0.3) is 0 Å². The summed E-state index contributed by atoms with van der Waals surface area (Å²) >= 11 is 0. The van der Waals surface area contributed by atoms with Gasteiger partial charge in [0.25, 0.3) is 0 Å². The van der Waals surface area contributed by atoms with E-state index >= 15 is 0 Å². The Bertz CT molecular complexity index is 510. The second-order valence-electron chi connectivity index (χ2n) is 6.24. The smallest absolute Gasteiger partial charge is 0.146 e. The monoisotopic (exact) mass is 293 g/mol. The molecule has 0 spiro atoms. The van der Waals surface area contributed by atoms with E-state index < -0.39 is 0 Å². The fourth-order valence-electron chi connectivity index (χ4n) is 3.69. The molecule has 0 aliphatic carbocycles. The molecule has 21 heavy (non-hydrogen) atoms. The van der Waals surface area contributed by atoms with Crippen LogP contribution in [0.5, 0.6) is 5.75 Å². The summed E-state index contributed by atoms with van der Waals surface area (Å²) in [4.78, 5) is 2.54. The van der Waals surface area contributed by atoms with Gasteiger partial charge in [-0.05, 0) is 44.4 Å². The number of nitrogens with two attached hydrogens (primary N) is 1. The standard InChI is InChI=1S/C16H24FN3O/c1-21-13-4-5-14(17)15(9-13)19-16(11-18)6-8-20-7-2-3-12(20)10-16/h4-5,9,12,19H,2-3,6-8,10-11,18H2,1H3. The number of methoxy groups -OCH3 is 1. The minimum atomic E-state index is -0.252. The SMILES string of the molecule is COc1ccc(F)c(NC2(CN)CCN3CCCC3C2)c1. The van der Waals surface area contributed by atoms with Gasteiger partial charge >= 0.3 is 0 Å². The molecular formula is C16H24FN3O. The predicted octanol–water partition coefficient (Wildman–Crippen LogP) is 2.20. The van der Waals surface area contributed by atoms with E-state index in [1.807, 2.05) is 0 Å². The fourth-order valence-corrected chi connectivity index (χ4v) is 3.69. The van der Waals surface area contributed by atoms with Gasteiger partial charge in [0.05, 0.1) is 18.3 Å². The summed E-state index contributed by atoms with van der Waals surface area (Å²) in [6.07, 6.45) is 4.43. The molecule has 0 aromatic heterocycles. The average Bonchev–Trinajstić information content (AvgIpc) is 2.96. The molecule has 2 aliphatic heterocycles. The van der Waals surface area contributed by atoms with Crippen LogP contribution in [0.2, 0.25) is 0 Å². The van der Waals surface area contributed by atoms with E-state index in [0.29, 0.717) is 24.0 Å². The van der Waals surface area contributed by atoms with Gasteiger partial charge in [0.2, 0.25) is 0 Å². The van der Waals surface area contributed by atoms with Gasteiger partial charge in [0.15, 0.2) is 0 Å². The lowest BCUT2D eigenvalue weighted by Gasteiger charge is -2.44. The van der Waals surface area contributed by atoms with Gasteiger partial charge in [-0.3, -0.25) is 0 Å². The lowest BCUT2D eigenvalue weighted by molar-refractivity contribution is 0.145. The van der Waals surface area contributed by atoms with Crippen LogP contribution in [0.4, 0.5) is 10.1 Å². The van der Waals surface area contributed by atoms with E-state index in [2.05, 4.69) is 10.2 Å². The summed E-state index contributed by atoms with van der Waals surface area (Å²) in [5.41, 5.74) is 6.34. The summed E-state index contributed by atoms with van der Waals surface area (Å²) in [6.45, 7) is 2.76. The Morgan fingerprint density at radius 3 is 3.10 bits per heavy atom. The van der Waals surface area contributed by atoms with Crippen molar-refractivity contribution < 1.29 is 9.13 Å². The molecule has 3 N–H and O–H groups in total. The molecular weight excluding hydrogens is 269 g/mol. The summed E-state index contributed by atoms with van der Waals surface area (Å²) in [7, 11) is 1.59. The van der Waals surface area contributed by atoms with E-state index in [1.54, 1.807) is 19.2 Å². The fraction of sp³-hybridized carbons (Fsp3) is 0.625. The van der Waals surface area contributed by atoms with Crippen LogP contribution in [0, 0.1) is 5.82 Å². The molecule has 4 nitrogen and oxygen atoms in total. The molecule has 1 aromatic rings. The Morgan fingerprint density at radius 1 is 1.48 bits per heavy atom. The third-order valence-electron chi connectivity index (χ3n) is 4.97. The van der Waals surface area contributed by atoms with Crippen LogP contribution in [0.3, 0.4) is 0 Å². The van der Waals surface area contributed by atoms with Crippen molar-refractivity contribution in [1.29, 1.82) is 0 Å². The number of nitrogens with one attached hydrogen (secondary N) is 1. The van der Waals surface area contributed by atoms with E-state index in [9.17, 15) is 4.39 Å². The zero-order valence-corrected chi connectivity index (χ0v) is 12.6. The highest BCUT2D eigenvalue weighted by molar-refractivity contribution is 5.52. The minimum absolute atomic E-state index is 0.210. The molecule has 5 heteroatoms. The number of benzene rings is 1. The lowest BCUT2D eigenvalue weighted by Crippen LogP contribution is -2.56. The number of piperidine rings is 1. The van der Waals surface area contributed by atoms with Crippen molar-refractivity contribution in [3.05, 3.63) is 24.0 Å². The van der Waals surface area contributed by atoms with Crippen molar-refractivity contribution in [2.75, 3.05) is 32.1 Å². The third-order valence-corrected chi connectivity index (χ3v) is 4.97. The summed E-state index contributed by atoms with van der Waals surface area (Å²) in [5, 5.41) is 3.39. The first-order chi connectivity index (χ1) is 10.2. The Morgan fingerprint density at radius 2 is 2.33 bits per heavy atom. The normalized spacial score (nSPS) is 29.2. The largest absolute Gasteiger partial charge is 0.497 e. The van der Waals surface area contributed by atoms with Gasteiger partial charge in [-0.1, -0.05) is 0 Å². The molecule has 2 unspecified atom stereocenters. The zero-order valence-electron chi connectivity index (χ0n) is 12.6. The van der Waals surface area contributed by atoms with Gasteiger partial charge in [-0.25, -0.2) is 4.39 Å². The van der Waals surface area contributed by atoms with Crippen molar-refractivity contribution in [2.45, 2.75) is 37.3 Å². The van der Waals surface area contributed by atoms with E-state index in [0.717, 1.165) is 19.4 Å². The highest BCUT2D eigenvalue weighted by Crippen LogP contribution is 2.36. The minimum Gasteiger partial charge on any atom is -0.497 e. The molecule has 116 valence electrons. The first kappa shape index (κ1) is 14.6. The van der Waals surface area contributed by atoms with Crippen LogP contribution < -0.4 is 15.8 Å². The summed E-state index contributed by atoms with van der Waals surface area (Å²) in [5.74, 6) is 0.404. The maximum atomic E-state index is 14.1. The molecule has 1 aromatic carbocycles. The molecule has 2 heterocycles. The molecule has 0 saturated carbocycles. The van der Waals surface area contributed by atoms with E-state index in [1.165, 1.54) is 25.5 Å². The molecule has 0 bridgehead atoms. The molecule has 0 amide bonds. The quantitative estimate of drug-likeness (QED) is 0.893. The van der Waals surface area contributed by atoms with Gasteiger partial charge in [-0.15, -0.1) is 0 Å². The first-order valence-corrected chi connectivity index (χ1v) is 7.72. The Kier molecular flexibility index (Phi) is 4.04. The number of halogens is 1. The van der Waals surface area contributed by atoms with Crippen molar-refractivity contribution in [3.63, 3.8) is 0 Å². The number of ether oxygens (including phenoxy) is 1. The Hall–Kier alpha value is -1.33. The zero-order chi connectivity index (χ0) is 14.9. The molecule has 2 fully saturated rings. The van der Waals surface area contributed by atoms with E-state index in [4.69, 9.17) is 10.5 Å². The molecule has 2 aliphatic rings. The van der Waals surface area contributed by atoms with Crippen LogP contribution in [0.15, 0.2) is 18.2 Å². The summed E-state index contributed by atoms with van der Waals surface area (Å²) < 4.78 is 19.3. The van der Waals surface area contributed by atoms with Gasteiger partial charge < -0.3 is 20.7 Å². The number of fused-ring (bicyclic) bond motifs is 1. The van der Waals surface area contributed by atoms with Crippen molar-refractivity contribution in [1.82, 2.24) is 4.90 Å². The van der Waals surface area contributed by atoms with Crippen molar-refractivity contribution in [2.24, 2.45) is 5.73 Å². The second-order valence-corrected chi connectivity index (χ2v) is 6.24. The van der Waals surface area contributed by atoms with Crippen LogP contribution >= 0.6 is 0 Å². The topological polar surface area (TPSA) is 50.5 Å². The number of hydrogen-bond donors (Lipinski definition) is 2. The molecule has 3 rings (SSSR count). The number of rotatable bonds is 4. The maximum absolute atomic E-state index is 14.1. The van der Waals surface area contributed by atoms with Crippen molar-refractivity contribution >= 4 is 5.69 Å². The maximum Gasteiger partial charge on any atom is 0.146 e. The van der Waals surface area contributed by atoms with Crippen LogP contribution in [-0.4, -0.2) is 43.2 Å². The Labute approximate surface area is 125 Å². The van der Waals surface area contributed by atoms with Crippen LogP contribution in [-0.2, 0) is 0 Å². The van der Waals surface area contributed by atoms with Crippen LogP contribution in [0.1, 0.15) is 25.7 Å². The Balaban J connectivity index is 1.80. The highest BCUT2D eigenvalue weighted by atomic mass is 19.1. The molecule has 2 atom stereocenters. The summed E-state index contributed by atoms with van der Waals surface area (Å²) in [6, 6.07) is 5.38.